The molecule has 0 fully saturated rings. The summed E-state index contributed by atoms with van der Waals surface area (Å²) in [6.07, 6.45) is 0. The fourth-order valence-electron chi connectivity index (χ4n) is 4.15. The van der Waals surface area contributed by atoms with Crippen LogP contribution >= 0.6 is 79.4 Å². The third-order valence-electron chi connectivity index (χ3n) is 5.83. The lowest BCUT2D eigenvalue weighted by atomic mass is 10.1. The first-order chi connectivity index (χ1) is 17.3. The van der Waals surface area contributed by atoms with Crippen LogP contribution in [0, 0.1) is 0 Å². The zero-order chi connectivity index (χ0) is 23.2. The Morgan fingerprint density at radius 2 is 0.657 bits per heavy atom. The second-order valence-corrected chi connectivity index (χ2v) is 14.2. The minimum atomic E-state index is 1.34. The first-order valence-corrected chi connectivity index (χ1v) is 17.0. The van der Waals surface area contributed by atoms with Crippen LogP contribution in [0.4, 0.5) is 0 Å². The van der Waals surface area contributed by atoms with E-state index in [9.17, 15) is 0 Å². The van der Waals surface area contributed by atoms with Gasteiger partial charge in [0.25, 0.3) is 0 Å². The molecule has 0 aliphatic rings. The molecule has 170 valence electrons. The van der Waals surface area contributed by atoms with Crippen molar-refractivity contribution in [3.05, 3.63) is 91.6 Å². The zero-order valence-electron chi connectivity index (χ0n) is 18.1. The first kappa shape index (κ1) is 22.1. The molecule has 7 heterocycles. The number of thiophene rings is 7. The van der Waals surface area contributed by atoms with E-state index in [0.29, 0.717) is 0 Å². The summed E-state index contributed by atoms with van der Waals surface area (Å²) in [5, 5.41) is 18.1. The van der Waals surface area contributed by atoms with Gasteiger partial charge in [0, 0.05) is 94.9 Å². The van der Waals surface area contributed by atoms with Crippen LogP contribution in [0.3, 0.4) is 0 Å². The minimum absolute atomic E-state index is 1.34. The Labute approximate surface area is 231 Å². The van der Waals surface area contributed by atoms with E-state index in [0.717, 1.165) is 0 Å². The highest BCUT2D eigenvalue weighted by molar-refractivity contribution is 7.21. The van der Waals surface area contributed by atoms with E-state index in [-0.39, 0.29) is 0 Å². The summed E-state index contributed by atoms with van der Waals surface area (Å²) >= 11 is 12.8. The summed E-state index contributed by atoms with van der Waals surface area (Å²) in [6.45, 7) is 0. The summed E-state index contributed by atoms with van der Waals surface area (Å²) in [4.78, 5) is 8.04. The van der Waals surface area contributed by atoms with Crippen molar-refractivity contribution in [2.75, 3.05) is 0 Å². The lowest BCUT2D eigenvalue weighted by Crippen LogP contribution is -1.73. The van der Waals surface area contributed by atoms with Crippen molar-refractivity contribution in [2.45, 2.75) is 0 Å². The van der Waals surface area contributed by atoms with Crippen LogP contribution in [-0.4, -0.2) is 0 Å². The van der Waals surface area contributed by atoms with E-state index in [4.69, 9.17) is 0 Å². The summed E-state index contributed by atoms with van der Waals surface area (Å²) in [6, 6.07) is 17.9. The Kier molecular flexibility index (Phi) is 5.95. The van der Waals surface area contributed by atoms with Gasteiger partial charge in [-0.1, -0.05) is 12.1 Å². The second-order valence-electron chi connectivity index (χ2n) is 7.88. The van der Waals surface area contributed by atoms with Gasteiger partial charge in [0.05, 0.1) is 0 Å². The molecule has 0 unspecified atom stereocenters. The van der Waals surface area contributed by atoms with Crippen LogP contribution in [0.25, 0.3) is 62.6 Å². The Hall–Kier alpha value is -2.10. The molecule has 0 aromatic carbocycles. The van der Waals surface area contributed by atoms with Crippen LogP contribution in [0.1, 0.15) is 0 Å². The second kappa shape index (κ2) is 9.41. The summed E-state index contributed by atoms with van der Waals surface area (Å²) < 4.78 is 0. The first-order valence-electron chi connectivity index (χ1n) is 10.8. The van der Waals surface area contributed by atoms with Crippen molar-refractivity contribution in [1.82, 2.24) is 0 Å². The van der Waals surface area contributed by atoms with Crippen LogP contribution in [0.15, 0.2) is 91.6 Å². The normalized spacial score (nSPS) is 11.4. The van der Waals surface area contributed by atoms with Gasteiger partial charge in [-0.2, -0.15) is 34.0 Å². The molecule has 0 spiro atoms. The largest absolute Gasteiger partial charge is 0.151 e. The Morgan fingerprint density at radius 1 is 0.343 bits per heavy atom. The SMILES string of the molecule is c1csc(-c2cscc2-c2ccc(-c3cscc3-c3ccc(-c4cscc4-c4cccs4)s3)s2)c1. The van der Waals surface area contributed by atoms with Crippen molar-refractivity contribution < 1.29 is 0 Å². The maximum Gasteiger partial charge on any atom is 0.0364 e. The van der Waals surface area contributed by atoms with Crippen molar-refractivity contribution in [1.29, 1.82) is 0 Å². The Balaban J connectivity index is 1.23. The molecule has 0 bridgehead atoms. The molecule has 0 aliphatic carbocycles. The van der Waals surface area contributed by atoms with Gasteiger partial charge >= 0.3 is 0 Å². The van der Waals surface area contributed by atoms with Gasteiger partial charge in [-0.05, 0) is 47.2 Å². The van der Waals surface area contributed by atoms with Crippen LogP contribution in [0.5, 0.6) is 0 Å². The van der Waals surface area contributed by atoms with Crippen molar-refractivity contribution >= 4 is 79.4 Å². The van der Waals surface area contributed by atoms with Gasteiger partial charge in [-0.25, -0.2) is 0 Å². The lowest BCUT2D eigenvalue weighted by molar-refractivity contribution is 1.82. The molecule has 0 N–H and O–H groups in total. The molecule has 7 rings (SSSR count). The van der Waals surface area contributed by atoms with Crippen molar-refractivity contribution in [3.63, 3.8) is 0 Å². The number of hydrogen-bond donors (Lipinski definition) is 0. The van der Waals surface area contributed by atoms with Crippen LogP contribution in [-0.2, 0) is 0 Å². The Morgan fingerprint density at radius 3 is 0.943 bits per heavy atom. The van der Waals surface area contributed by atoms with E-state index < -0.39 is 0 Å². The van der Waals surface area contributed by atoms with E-state index in [2.05, 4.69) is 91.6 Å². The molecule has 0 saturated heterocycles. The third kappa shape index (κ3) is 4.05. The highest BCUT2D eigenvalue weighted by Crippen LogP contribution is 2.48. The highest BCUT2D eigenvalue weighted by Gasteiger charge is 2.17. The van der Waals surface area contributed by atoms with Gasteiger partial charge in [-0.15, -0.1) is 45.3 Å². The van der Waals surface area contributed by atoms with Crippen LogP contribution < -0.4 is 0 Å². The monoisotopic (exact) mass is 576 g/mol. The molecule has 0 aliphatic heterocycles. The van der Waals surface area contributed by atoms with Gasteiger partial charge in [0.15, 0.2) is 0 Å². The smallest absolute Gasteiger partial charge is 0.0364 e. The Bertz CT molecular complexity index is 1570. The average Bonchev–Trinajstić information content (AvgIpc) is 3.72. The van der Waals surface area contributed by atoms with Gasteiger partial charge < -0.3 is 0 Å². The maximum absolute atomic E-state index is 2.31. The standard InChI is InChI=1S/C28H16S7/c1-3-23(32-9-1)17-11-29-13-19(17)25-5-7-27(34-25)21-15-31-16-22(21)28-8-6-26(35-28)20-14-30-12-18(20)24-4-2-10-33-24/h1-16H. The van der Waals surface area contributed by atoms with E-state index in [1.165, 1.54) is 62.6 Å². The molecule has 0 amide bonds. The number of rotatable bonds is 6. The molecule has 0 atom stereocenters. The summed E-state index contributed by atoms with van der Waals surface area (Å²) in [5.41, 5.74) is 8.09. The van der Waals surface area contributed by atoms with Gasteiger partial charge in [0.2, 0.25) is 0 Å². The molecular formula is C28H16S7. The number of hydrogen-bond acceptors (Lipinski definition) is 7. The molecule has 7 aromatic heterocycles. The topological polar surface area (TPSA) is 0 Å². The highest BCUT2D eigenvalue weighted by atomic mass is 32.1. The van der Waals surface area contributed by atoms with E-state index in [1.54, 1.807) is 34.0 Å². The minimum Gasteiger partial charge on any atom is -0.151 e. The average molecular weight is 577 g/mol. The molecule has 0 nitrogen and oxygen atoms in total. The van der Waals surface area contributed by atoms with Gasteiger partial charge in [-0.3, -0.25) is 0 Å². The molecule has 7 heteroatoms. The van der Waals surface area contributed by atoms with Gasteiger partial charge in [0.1, 0.15) is 0 Å². The van der Waals surface area contributed by atoms with E-state index in [1.807, 2.05) is 45.3 Å². The molecule has 7 aromatic rings. The maximum atomic E-state index is 2.31. The quantitative estimate of drug-likeness (QED) is 0.185. The fraction of sp³-hybridized carbons (Fsp3) is 0. The fourth-order valence-corrected chi connectivity index (χ4v) is 10.8. The van der Waals surface area contributed by atoms with E-state index >= 15 is 0 Å². The predicted octanol–water partition coefficient (Wildman–Crippen LogP) is 12.1. The third-order valence-corrected chi connectivity index (χ3v) is 12.2. The molecule has 0 saturated carbocycles. The summed E-state index contributed by atoms with van der Waals surface area (Å²) in [7, 11) is 0. The van der Waals surface area contributed by atoms with Crippen molar-refractivity contribution in [3.8, 4) is 62.6 Å². The van der Waals surface area contributed by atoms with Crippen LogP contribution in [0.2, 0.25) is 0 Å². The molecule has 35 heavy (non-hydrogen) atoms. The summed E-state index contributed by atoms with van der Waals surface area (Å²) in [5.74, 6) is 0. The molecule has 0 radical (unpaired) electrons. The van der Waals surface area contributed by atoms with Crippen molar-refractivity contribution in [2.24, 2.45) is 0 Å². The lowest BCUT2D eigenvalue weighted by Gasteiger charge is -2.01. The predicted molar refractivity (Wildman–Crippen MR) is 164 cm³/mol. The zero-order valence-corrected chi connectivity index (χ0v) is 23.8. The molecular weight excluding hydrogens is 561 g/mol.